The molecule has 2 atom stereocenters. The smallest absolute Gasteiger partial charge is 0.404 e. The maximum absolute atomic E-state index is 11.2. The van der Waals surface area contributed by atoms with Crippen molar-refractivity contribution >= 4 is 11.8 Å². The van der Waals surface area contributed by atoms with E-state index in [1.54, 1.807) is 0 Å². The minimum absolute atomic E-state index is 0.277. The molecule has 0 unspecified atom stereocenters. The quantitative estimate of drug-likeness (QED) is 0.327. The second-order valence-corrected chi connectivity index (χ2v) is 7.48. The molecule has 6 nitrogen and oxygen atoms in total. The van der Waals surface area contributed by atoms with Gasteiger partial charge in [0.05, 0.1) is 12.1 Å². The molecule has 3 rings (SSSR count). The highest BCUT2D eigenvalue weighted by molar-refractivity contribution is 5.65. The molecule has 6 heteroatoms. The van der Waals surface area contributed by atoms with E-state index in [0.29, 0.717) is 13.0 Å². The van der Waals surface area contributed by atoms with Crippen molar-refractivity contribution in [3.8, 4) is 0 Å². The second-order valence-electron chi connectivity index (χ2n) is 7.48. The first kappa shape index (κ1) is 22.3. The lowest BCUT2D eigenvalue weighted by Crippen LogP contribution is -2.48. The van der Waals surface area contributed by atoms with E-state index in [-0.39, 0.29) is 6.54 Å². The van der Waals surface area contributed by atoms with Crippen LogP contribution in [0, 0.1) is 0 Å². The van der Waals surface area contributed by atoms with Crippen LogP contribution in [0.5, 0.6) is 0 Å². The molecule has 5 N–H and O–H groups in total. The molecule has 31 heavy (non-hydrogen) atoms. The maximum Gasteiger partial charge on any atom is 0.404 e. The summed E-state index contributed by atoms with van der Waals surface area (Å²) in [5.74, 6) is 0. The summed E-state index contributed by atoms with van der Waals surface area (Å²) in [6.45, 7) is 1.60. The summed E-state index contributed by atoms with van der Waals surface area (Å²) < 4.78 is 0. The van der Waals surface area contributed by atoms with E-state index in [0.717, 1.165) is 23.4 Å². The molecule has 0 spiro atoms. The van der Waals surface area contributed by atoms with Crippen LogP contribution in [-0.4, -0.2) is 35.0 Å². The topological polar surface area (TPSA) is 93.6 Å². The summed E-state index contributed by atoms with van der Waals surface area (Å²) in [6, 6.07) is 27.3. The number of rotatable bonds is 11. The number of aliphatic hydroxyl groups is 1. The Morgan fingerprint density at radius 2 is 1.45 bits per heavy atom. The summed E-state index contributed by atoms with van der Waals surface area (Å²) in [4.78, 5) is 11.2. The van der Waals surface area contributed by atoms with Crippen molar-refractivity contribution in [2.24, 2.45) is 0 Å². The molecule has 0 radical (unpaired) electrons. The Morgan fingerprint density at radius 3 is 2.13 bits per heavy atom. The van der Waals surface area contributed by atoms with Gasteiger partial charge in [0.2, 0.25) is 0 Å². The van der Waals surface area contributed by atoms with Crippen molar-refractivity contribution in [3.05, 3.63) is 102 Å². The lowest BCUT2D eigenvalue weighted by molar-refractivity contribution is 0.117. The van der Waals surface area contributed by atoms with E-state index < -0.39 is 18.2 Å². The van der Waals surface area contributed by atoms with Crippen LogP contribution >= 0.6 is 0 Å². The van der Waals surface area contributed by atoms with Crippen LogP contribution in [0.2, 0.25) is 0 Å². The highest BCUT2D eigenvalue weighted by Crippen LogP contribution is 2.13. The minimum Gasteiger partial charge on any atom is -0.465 e. The molecule has 0 aliphatic heterocycles. The Morgan fingerprint density at radius 1 is 0.806 bits per heavy atom. The Bertz CT molecular complexity index is 935. The molecule has 0 heterocycles. The zero-order chi connectivity index (χ0) is 21.9. The predicted molar refractivity (Wildman–Crippen MR) is 123 cm³/mol. The van der Waals surface area contributed by atoms with Gasteiger partial charge in [0.1, 0.15) is 0 Å². The molecule has 0 saturated carbocycles. The molecule has 1 amide bonds. The molecule has 0 aliphatic carbocycles. The van der Waals surface area contributed by atoms with Crippen LogP contribution in [0.4, 0.5) is 10.5 Å². The molecule has 0 fully saturated rings. The van der Waals surface area contributed by atoms with Crippen molar-refractivity contribution in [2.45, 2.75) is 31.7 Å². The van der Waals surface area contributed by atoms with E-state index in [1.807, 2.05) is 66.7 Å². The third-order valence-electron chi connectivity index (χ3n) is 5.02. The fraction of sp³-hybridized carbons (Fsp3) is 0.240. The number of benzene rings is 3. The monoisotopic (exact) mass is 419 g/mol. The standard InChI is InChI=1S/C25H29N3O3/c29-24(23(28-25(30)31)15-19-8-3-1-4-9-19)18-26-16-21-12-7-13-22(14-21)27-17-20-10-5-2-6-11-20/h1-14,23-24,26-29H,15-18H2,(H,30,31)/t23-,24+/m0/s1. The van der Waals surface area contributed by atoms with Gasteiger partial charge in [-0.05, 0) is 35.2 Å². The fourth-order valence-corrected chi connectivity index (χ4v) is 3.41. The average Bonchev–Trinajstić information content (AvgIpc) is 2.78. The number of hydrogen-bond acceptors (Lipinski definition) is 4. The number of aliphatic hydroxyl groups excluding tert-OH is 1. The predicted octanol–water partition coefficient (Wildman–Crippen LogP) is 3.63. The van der Waals surface area contributed by atoms with Crippen LogP contribution in [0.1, 0.15) is 16.7 Å². The molecule has 162 valence electrons. The first-order chi connectivity index (χ1) is 15.1. The van der Waals surface area contributed by atoms with E-state index >= 15 is 0 Å². The van der Waals surface area contributed by atoms with Crippen LogP contribution < -0.4 is 16.0 Å². The van der Waals surface area contributed by atoms with Gasteiger partial charge in [-0.15, -0.1) is 0 Å². The van der Waals surface area contributed by atoms with E-state index in [4.69, 9.17) is 5.11 Å². The van der Waals surface area contributed by atoms with Gasteiger partial charge in [-0.1, -0.05) is 72.8 Å². The number of nitrogens with one attached hydrogen (secondary N) is 3. The molecular weight excluding hydrogens is 390 g/mol. The number of anilines is 1. The van der Waals surface area contributed by atoms with E-state index in [2.05, 4.69) is 34.1 Å². The van der Waals surface area contributed by atoms with Crippen molar-refractivity contribution in [3.63, 3.8) is 0 Å². The lowest BCUT2D eigenvalue weighted by Gasteiger charge is -2.23. The van der Waals surface area contributed by atoms with Crippen LogP contribution in [0.15, 0.2) is 84.9 Å². The molecular formula is C25H29N3O3. The lowest BCUT2D eigenvalue weighted by atomic mass is 10.0. The molecule has 0 aromatic heterocycles. The van der Waals surface area contributed by atoms with Gasteiger partial charge in [-0.25, -0.2) is 4.79 Å². The minimum atomic E-state index is -1.14. The number of carbonyl (C=O) groups is 1. The van der Waals surface area contributed by atoms with Crippen LogP contribution in [0.3, 0.4) is 0 Å². The van der Waals surface area contributed by atoms with Gasteiger partial charge < -0.3 is 26.2 Å². The number of amides is 1. The molecule has 0 saturated heterocycles. The van der Waals surface area contributed by atoms with E-state index in [9.17, 15) is 9.90 Å². The Kier molecular flexibility index (Phi) is 8.46. The number of hydrogen-bond donors (Lipinski definition) is 5. The first-order valence-corrected chi connectivity index (χ1v) is 10.4. The molecule has 3 aromatic rings. The average molecular weight is 420 g/mol. The Labute approximate surface area is 182 Å². The molecule has 0 bridgehead atoms. The van der Waals surface area contributed by atoms with Crippen molar-refractivity contribution in [1.29, 1.82) is 0 Å². The largest absolute Gasteiger partial charge is 0.465 e. The summed E-state index contributed by atoms with van der Waals surface area (Å²) in [7, 11) is 0. The maximum atomic E-state index is 11.2. The van der Waals surface area contributed by atoms with Gasteiger partial charge in [-0.3, -0.25) is 0 Å². The van der Waals surface area contributed by atoms with Gasteiger partial charge in [0.15, 0.2) is 0 Å². The zero-order valence-electron chi connectivity index (χ0n) is 17.4. The zero-order valence-corrected chi connectivity index (χ0v) is 17.4. The van der Waals surface area contributed by atoms with Crippen molar-refractivity contribution in [1.82, 2.24) is 10.6 Å². The highest BCUT2D eigenvalue weighted by atomic mass is 16.4. The van der Waals surface area contributed by atoms with Gasteiger partial charge in [0, 0.05) is 25.3 Å². The molecule has 0 aliphatic rings. The summed E-state index contributed by atoms with van der Waals surface area (Å²) in [5, 5.41) is 28.8. The highest BCUT2D eigenvalue weighted by Gasteiger charge is 2.21. The molecule has 3 aromatic carbocycles. The van der Waals surface area contributed by atoms with Crippen LogP contribution in [0.25, 0.3) is 0 Å². The third kappa shape index (κ3) is 7.77. The normalized spacial score (nSPS) is 12.7. The summed E-state index contributed by atoms with van der Waals surface area (Å²) in [6.07, 6.45) is -1.57. The van der Waals surface area contributed by atoms with Gasteiger partial charge in [0.25, 0.3) is 0 Å². The van der Waals surface area contributed by atoms with Crippen molar-refractivity contribution in [2.75, 3.05) is 11.9 Å². The first-order valence-electron chi connectivity index (χ1n) is 10.4. The summed E-state index contributed by atoms with van der Waals surface area (Å²) >= 11 is 0. The second kappa shape index (κ2) is 11.7. The summed E-state index contributed by atoms with van der Waals surface area (Å²) in [5.41, 5.74) is 4.29. The van der Waals surface area contributed by atoms with Gasteiger partial charge >= 0.3 is 6.09 Å². The van der Waals surface area contributed by atoms with Crippen molar-refractivity contribution < 1.29 is 15.0 Å². The Balaban J connectivity index is 1.50. The SMILES string of the molecule is O=C(O)N[C@@H](Cc1ccccc1)[C@H](O)CNCc1cccc(NCc2ccccc2)c1. The Hall–Kier alpha value is -3.35. The van der Waals surface area contributed by atoms with Gasteiger partial charge in [-0.2, -0.15) is 0 Å². The van der Waals surface area contributed by atoms with Crippen LogP contribution in [-0.2, 0) is 19.5 Å². The third-order valence-corrected chi connectivity index (χ3v) is 5.02. The van der Waals surface area contributed by atoms with E-state index in [1.165, 1.54) is 5.56 Å². The fourth-order valence-electron chi connectivity index (χ4n) is 3.41. The number of carboxylic acid groups (broad SMARTS) is 1.